The van der Waals surface area contributed by atoms with Crippen molar-refractivity contribution in [2.45, 2.75) is 31.2 Å². The number of aryl methyl sites for hydroxylation is 1. The SMILES string of the molecule is Cn1cc(S(=O)(=O)NC(C)(C)C)cc1C(=O)Nc1c(O)c(F)c(F)c(F)c1O. The smallest absolute Gasteiger partial charge is 0.272 e. The molecule has 1 amide bonds. The average molecular weight is 421 g/mol. The number of amides is 1. The minimum Gasteiger partial charge on any atom is -0.503 e. The summed E-state index contributed by atoms with van der Waals surface area (Å²) in [4.78, 5) is 12.1. The van der Waals surface area contributed by atoms with Gasteiger partial charge in [-0.1, -0.05) is 0 Å². The Kier molecular flexibility index (Phi) is 5.41. The van der Waals surface area contributed by atoms with Crippen molar-refractivity contribution in [1.82, 2.24) is 9.29 Å². The van der Waals surface area contributed by atoms with Crippen LogP contribution in [0.4, 0.5) is 18.9 Å². The molecule has 0 saturated heterocycles. The molecule has 1 heterocycles. The first-order valence-electron chi connectivity index (χ1n) is 7.75. The van der Waals surface area contributed by atoms with Crippen LogP contribution in [0.3, 0.4) is 0 Å². The van der Waals surface area contributed by atoms with E-state index in [4.69, 9.17) is 0 Å². The number of carbonyl (C=O) groups is 1. The zero-order valence-electron chi connectivity index (χ0n) is 15.3. The molecule has 2 aromatic rings. The molecule has 0 fully saturated rings. The lowest BCUT2D eigenvalue weighted by Gasteiger charge is -2.19. The Balaban J connectivity index is 2.42. The van der Waals surface area contributed by atoms with E-state index < -0.39 is 56.1 Å². The quantitative estimate of drug-likeness (QED) is 0.446. The molecule has 0 radical (unpaired) electrons. The molecule has 0 atom stereocenters. The predicted molar refractivity (Wildman–Crippen MR) is 93.1 cm³/mol. The molecule has 0 saturated carbocycles. The number of halogens is 3. The van der Waals surface area contributed by atoms with Crippen LogP contribution in [0.2, 0.25) is 0 Å². The van der Waals surface area contributed by atoms with Gasteiger partial charge in [-0.15, -0.1) is 0 Å². The molecule has 28 heavy (non-hydrogen) atoms. The highest BCUT2D eigenvalue weighted by Gasteiger charge is 2.28. The summed E-state index contributed by atoms with van der Waals surface area (Å²) in [7, 11) is -2.65. The number of carbonyl (C=O) groups excluding carboxylic acids is 1. The van der Waals surface area contributed by atoms with Crippen molar-refractivity contribution in [3.8, 4) is 11.5 Å². The summed E-state index contributed by atoms with van der Waals surface area (Å²) in [6.07, 6.45) is 1.12. The Morgan fingerprint density at radius 3 is 2.04 bits per heavy atom. The van der Waals surface area contributed by atoms with Crippen LogP contribution in [0.1, 0.15) is 31.3 Å². The molecule has 4 N–H and O–H groups in total. The maximum absolute atomic E-state index is 13.5. The first kappa shape index (κ1) is 21.6. The topological polar surface area (TPSA) is 121 Å². The fraction of sp³-hybridized carbons (Fsp3) is 0.312. The van der Waals surface area contributed by atoms with Gasteiger partial charge in [-0.25, -0.2) is 17.5 Å². The van der Waals surface area contributed by atoms with Gasteiger partial charge < -0.3 is 20.1 Å². The van der Waals surface area contributed by atoms with E-state index in [9.17, 15) is 36.6 Å². The van der Waals surface area contributed by atoms with E-state index in [0.29, 0.717) is 0 Å². The number of benzene rings is 1. The molecule has 12 heteroatoms. The number of aromatic hydroxyl groups is 2. The van der Waals surface area contributed by atoms with E-state index in [1.54, 1.807) is 20.8 Å². The molecule has 0 aliphatic heterocycles. The van der Waals surface area contributed by atoms with Gasteiger partial charge in [-0.3, -0.25) is 4.79 Å². The van der Waals surface area contributed by atoms with Gasteiger partial charge in [-0.05, 0) is 26.8 Å². The summed E-state index contributed by atoms with van der Waals surface area (Å²) in [5.74, 6) is -10.3. The average Bonchev–Trinajstić information content (AvgIpc) is 2.96. The number of aromatic nitrogens is 1. The highest BCUT2D eigenvalue weighted by atomic mass is 32.2. The first-order valence-corrected chi connectivity index (χ1v) is 9.24. The van der Waals surface area contributed by atoms with Crippen molar-refractivity contribution in [2.75, 3.05) is 5.32 Å². The monoisotopic (exact) mass is 421 g/mol. The van der Waals surface area contributed by atoms with Gasteiger partial charge in [-0.2, -0.15) is 8.78 Å². The number of sulfonamides is 1. The summed E-state index contributed by atoms with van der Waals surface area (Å²) in [5, 5.41) is 20.9. The molecule has 2 rings (SSSR count). The Morgan fingerprint density at radius 1 is 1.07 bits per heavy atom. The third-order valence-corrected chi connectivity index (χ3v) is 5.20. The number of nitrogens with zero attached hydrogens (tertiary/aromatic N) is 1. The lowest BCUT2D eigenvalue weighted by atomic mass is 10.1. The standard InChI is InChI=1S/C16H18F3N3O5S/c1-16(2,3)21-28(26,27)7-5-8(22(4)6-7)15(25)20-12-13(23)10(18)9(17)11(19)14(12)24/h5-6,21,23-24H,1-4H3,(H,20,25). The second-order valence-electron chi connectivity index (χ2n) is 7.00. The largest absolute Gasteiger partial charge is 0.503 e. The molecule has 0 aliphatic carbocycles. The number of phenols is 2. The molecule has 1 aromatic carbocycles. The van der Waals surface area contributed by atoms with Gasteiger partial charge in [0.25, 0.3) is 5.91 Å². The van der Waals surface area contributed by atoms with Crippen molar-refractivity contribution in [3.63, 3.8) is 0 Å². The minimum atomic E-state index is -3.98. The maximum Gasteiger partial charge on any atom is 0.272 e. The molecule has 0 spiro atoms. The van der Waals surface area contributed by atoms with Crippen molar-refractivity contribution in [2.24, 2.45) is 7.05 Å². The molecule has 0 aliphatic rings. The van der Waals surface area contributed by atoms with E-state index in [0.717, 1.165) is 16.8 Å². The number of hydrogen-bond donors (Lipinski definition) is 4. The van der Waals surface area contributed by atoms with E-state index in [2.05, 4.69) is 4.72 Å². The predicted octanol–water partition coefficient (Wildman–Crippen LogP) is 2.18. The summed E-state index contributed by atoms with van der Waals surface area (Å²) >= 11 is 0. The van der Waals surface area contributed by atoms with E-state index in [1.165, 1.54) is 7.05 Å². The van der Waals surface area contributed by atoms with Crippen molar-refractivity contribution < 1.29 is 36.6 Å². The van der Waals surface area contributed by atoms with Crippen LogP contribution < -0.4 is 10.0 Å². The van der Waals surface area contributed by atoms with Crippen LogP contribution in [0.25, 0.3) is 0 Å². The van der Waals surface area contributed by atoms with Gasteiger partial charge in [0.15, 0.2) is 11.5 Å². The number of anilines is 1. The Morgan fingerprint density at radius 2 is 1.57 bits per heavy atom. The van der Waals surface area contributed by atoms with Crippen molar-refractivity contribution >= 4 is 21.6 Å². The molecule has 0 unspecified atom stereocenters. The summed E-state index contributed by atoms with van der Waals surface area (Å²) in [6.45, 7) is 4.85. The van der Waals surface area contributed by atoms with Gasteiger partial charge in [0, 0.05) is 18.8 Å². The lowest BCUT2D eigenvalue weighted by molar-refractivity contribution is 0.101. The van der Waals surface area contributed by atoms with Gasteiger partial charge in [0.2, 0.25) is 27.5 Å². The number of phenolic OH excluding ortho intramolecular Hbond substituents is 2. The Hall–Kier alpha value is -2.73. The fourth-order valence-corrected chi connectivity index (χ4v) is 3.79. The zero-order valence-corrected chi connectivity index (χ0v) is 16.1. The van der Waals surface area contributed by atoms with Gasteiger partial charge in [0.05, 0.1) is 0 Å². The zero-order chi connectivity index (χ0) is 21.6. The molecular weight excluding hydrogens is 403 g/mol. The van der Waals surface area contributed by atoms with Crippen LogP contribution >= 0.6 is 0 Å². The highest BCUT2D eigenvalue weighted by molar-refractivity contribution is 7.89. The first-order chi connectivity index (χ1) is 12.7. The molecule has 0 bridgehead atoms. The van der Waals surface area contributed by atoms with E-state index in [-0.39, 0.29) is 10.6 Å². The van der Waals surface area contributed by atoms with Gasteiger partial charge in [0.1, 0.15) is 16.3 Å². The van der Waals surface area contributed by atoms with Crippen LogP contribution in [0.15, 0.2) is 17.2 Å². The number of nitrogens with one attached hydrogen (secondary N) is 2. The third kappa shape index (κ3) is 4.07. The second-order valence-corrected chi connectivity index (χ2v) is 8.68. The van der Waals surface area contributed by atoms with Crippen LogP contribution in [-0.4, -0.2) is 34.6 Å². The normalized spacial score (nSPS) is 12.2. The van der Waals surface area contributed by atoms with Crippen LogP contribution in [-0.2, 0) is 17.1 Å². The van der Waals surface area contributed by atoms with E-state index in [1.807, 2.05) is 5.32 Å². The molecule has 1 aromatic heterocycles. The Bertz CT molecular complexity index is 1030. The minimum absolute atomic E-state index is 0.264. The Labute approximate surface area is 158 Å². The molecule has 154 valence electrons. The summed E-state index contributed by atoms with van der Waals surface area (Å²) < 4.78 is 68.3. The maximum atomic E-state index is 13.5. The third-order valence-electron chi connectivity index (χ3n) is 3.48. The second kappa shape index (κ2) is 7.02. The number of hydrogen-bond acceptors (Lipinski definition) is 5. The van der Waals surface area contributed by atoms with Crippen LogP contribution in [0.5, 0.6) is 11.5 Å². The molecular formula is C16H18F3N3O5S. The highest BCUT2D eigenvalue weighted by Crippen LogP contribution is 2.39. The van der Waals surface area contributed by atoms with Crippen LogP contribution in [0, 0.1) is 17.5 Å². The van der Waals surface area contributed by atoms with Gasteiger partial charge >= 0.3 is 0 Å². The van der Waals surface area contributed by atoms with E-state index >= 15 is 0 Å². The van der Waals surface area contributed by atoms with Crippen molar-refractivity contribution in [3.05, 3.63) is 35.4 Å². The fourth-order valence-electron chi connectivity index (χ4n) is 2.30. The number of rotatable bonds is 4. The summed E-state index contributed by atoms with van der Waals surface area (Å²) in [5.41, 5.74) is -2.17. The lowest BCUT2D eigenvalue weighted by Crippen LogP contribution is -2.40. The molecule has 8 nitrogen and oxygen atoms in total. The van der Waals surface area contributed by atoms with Crippen molar-refractivity contribution in [1.29, 1.82) is 0 Å². The summed E-state index contributed by atoms with van der Waals surface area (Å²) in [6, 6.07) is 0.980.